The van der Waals surface area contributed by atoms with Crippen LogP contribution in [0.15, 0.2) is 91.0 Å². The van der Waals surface area contributed by atoms with Gasteiger partial charge in [-0.15, -0.1) is 0 Å². The standard InChI is InChI=1S/C31H30O2/c1-4-21(2)25-15-9-17-29-28(25)16-10-18-31(29)33-22(3)32-20-30-26-13-7-5-11-23(26)19-24-12-6-8-14-27(24)30/h5-19,21-22H,4,20H2,1-3H3. The molecule has 33 heavy (non-hydrogen) atoms. The van der Waals surface area contributed by atoms with Crippen molar-refractivity contribution in [3.63, 3.8) is 0 Å². The Balaban J connectivity index is 1.42. The summed E-state index contributed by atoms with van der Waals surface area (Å²) in [5, 5.41) is 7.32. The number of hydrogen-bond acceptors (Lipinski definition) is 2. The van der Waals surface area contributed by atoms with Crippen molar-refractivity contribution in [1.29, 1.82) is 0 Å². The van der Waals surface area contributed by atoms with Crippen LogP contribution in [-0.4, -0.2) is 6.29 Å². The Kier molecular flexibility index (Phi) is 6.02. The molecule has 0 aliphatic carbocycles. The highest BCUT2D eigenvalue weighted by molar-refractivity contribution is 6.02. The molecular formula is C31H30O2. The Morgan fingerprint density at radius 1 is 0.667 bits per heavy atom. The average Bonchev–Trinajstić information content (AvgIpc) is 2.86. The molecule has 0 saturated carbocycles. The van der Waals surface area contributed by atoms with Gasteiger partial charge in [0, 0.05) is 5.39 Å². The van der Waals surface area contributed by atoms with Crippen LogP contribution in [0.5, 0.6) is 5.75 Å². The van der Waals surface area contributed by atoms with Crippen LogP contribution in [0.25, 0.3) is 32.3 Å². The van der Waals surface area contributed by atoms with Crippen LogP contribution in [-0.2, 0) is 11.3 Å². The summed E-state index contributed by atoms with van der Waals surface area (Å²) in [6.45, 7) is 6.98. The van der Waals surface area contributed by atoms with Crippen molar-refractivity contribution >= 4 is 32.3 Å². The van der Waals surface area contributed by atoms with Crippen LogP contribution < -0.4 is 4.74 Å². The van der Waals surface area contributed by atoms with Crippen molar-refractivity contribution in [3.8, 4) is 5.75 Å². The lowest BCUT2D eigenvalue weighted by Crippen LogP contribution is -2.16. The molecule has 0 aliphatic heterocycles. The predicted octanol–water partition coefficient (Wildman–Crippen LogP) is 8.60. The van der Waals surface area contributed by atoms with Crippen LogP contribution in [0.4, 0.5) is 0 Å². The van der Waals surface area contributed by atoms with E-state index >= 15 is 0 Å². The normalized spacial score (nSPS) is 13.4. The minimum atomic E-state index is -0.374. The number of benzene rings is 5. The quantitative estimate of drug-likeness (QED) is 0.189. The highest BCUT2D eigenvalue weighted by Gasteiger charge is 2.14. The lowest BCUT2D eigenvalue weighted by Gasteiger charge is -2.20. The SMILES string of the molecule is CCC(C)c1cccc2c(OC(C)OCc3c4ccccc4cc4ccccc34)cccc12. The molecule has 166 valence electrons. The van der Waals surface area contributed by atoms with Gasteiger partial charge < -0.3 is 9.47 Å². The van der Waals surface area contributed by atoms with E-state index in [4.69, 9.17) is 9.47 Å². The topological polar surface area (TPSA) is 18.5 Å². The Morgan fingerprint density at radius 3 is 1.97 bits per heavy atom. The van der Waals surface area contributed by atoms with Crippen molar-refractivity contribution in [1.82, 2.24) is 0 Å². The fourth-order valence-corrected chi connectivity index (χ4v) is 4.73. The summed E-state index contributed by atoms with van der Waals surface area (Å²) in [5.41, 5.74) is 2.58. The van der Waals surface area contributed by atoms with Crippen LogP contribution in [0.1, 0.15) is 44.2 Å². The number of rotatable bonds is 7. The van der Waals surface area contributed by atoms with E-state index in [0.29, 0.717) is 12.5 Å². The fourth-order valence-electron chi connectivity index (χ4n) is 4.73. The molecule has 2 atom stereocenters. The van der Waals surface area contributed by atoms with E-state index < -0.39 is 0 Å². The molecular weight excluding hydrogens is 404 g/mol. The molecule has 0 N–H and O–H groups in total. The zero-order valence-electron chi connectivity index (χ0n) is 19.5. The van der Waals surface area contributed by atoms with Gasteiger partial charge in [0.2, 0.25) is 0 Å². The van der Waals surface area contributed by atoms with Gasteiger partial charge in [0.05, 0.1) is 6.61 Å². The van der Waals surface area contributed by atoms with Crippen LogP contribution in [0.3, 0.4) is 0 Å². The summed E-state index contributed by atoms with van der Waals surface area (Å²) in [5.74, 6) is 1.38. The van der Waals surface area contributed by atoms with Crippen LogP contribution >= 0.6 is 0 Å². The molecule has 2 heteroatoms. The van der Waals surface area contributed by atoms with Crippen molar-refractivity contribution in [2.45, 2.75) is 46.0 Å². The van der Waals surface area contributed by atoms with Crippen molar-refractivity contribution in [3.05, 3.63) is 102 Å². The molecule has 2 unspecified atom stereocenters. The lowest BCUT2D eigenvalue weighted by atomic mass is 9.93. The first-order valence-corrected chi connectivity index (χ1v) is 11.8. The molecule has 2 nitrogen and oxygen atoms in total. The van der Waals surface area contributed by atoms with Crippen molar-refractivity contribution < 1.29 is 9.47 Å². The molecule has 5 aromatic rings. The third-order valence-corrected chi connectivity index (χ3v) is 6.70. The van der Waals surface area contributed by atoms with Crippen molar-refractivity contribution in [2.75, 3.05) is 0 Å². The molecule has 0 heterocycles. The summed E-state index contributed by atoms with van der Waals surface area (Å²) in [6.07, 6.45) is 0.739. The van der Waals surface area contributed by atoms with E-state index in [-0.39, 0.29) is 6.29 Å². The molecule has 0 radical (unpaired) electrons. The third kappa shape index (κ3) is 4.19. The van der Waals surface area contributed by atoms with Gasteiger partial charge in [-0.2, -0.15) is 0 Å². The first kappa shape index (κ1) is 21.5. The Labute approximate surface area is 195 Å². The second kappa shape index (κ2) is 9.25. The third-order valence-electron chi connectivity index (χ3n) is 6.70. The largest absolute Gasteiger partial charge is 0.465 e. The van der Waals surface area contributed by atoms with E-state index in [9.17, 15) is 0 Å². The lowest BCUT2D eigenvalue weighted by molar-refractivity contribution is -0.0744. The average molecular weight is 435 g/mol. The Morgan fingerprint density at radius 2 is 1.27 bits per heavy atom. The van der Waals surface area contributed by atoms with Gasteiger partial charge in [0.15, 0.2) is 6.29 Å². The monoisotopic (exact) mass is 434 g/mol. The maximum Gasteiger partial charge on any atom is 0.197 e. The highest BCUT2D eigenvalue weighted by atomic mass is 16.7. The smallest absolute Gasteiger partial charge is 0.197 e. The molecule has 5 rings (SSSR count). The zero-order chi connectivity index (χ0) is 22.8. The Bertz CT molecular complexity index is 1370. The zero-order valence-corrected chi connectivity index (χ0v) is 19.5. The summed E-state index contributed by atoms with van der Waals surface area (Å²) < 4.78 is 12.6. The number of hydrogen-bond donors (Lipinski definition) is 0. The minimum absolute atomic E-state index is 0.374. The molecule has 0 fully saturated rings. The molecule has 0 bridgehead atoms. The highest BCUT2D eigenvalue weighted by Crippen LogP contribution is 2.34. The number of fused-ring (bicyclic) bond motifs is 3. The summed E-state index contributed by atoms with van der Waals surface area (Å²) in [7, 11) is 0. The van der Waals surface area contributed by atoms with Crippen LogP contribution in [0.2, 0.25) is 0 Å². The van der Waals surface area contributed by atoms with E-state index in [1.54, 1.807) is 0 Å². The van der Waals surface area contributed by atoms with Gasteiger partial charge in [-0.3, -0.25) is 0 Å². The molecule has 0 aliphatic rings. The number of ether oxygens (including phenoxy) is 2. The second-order valence-electron chi connectivity index (χ2n) is 8.80. The van der Waals surface area contributed by atoms with E-state index in [2.05, 4.69) is 98.8 Å². The molecule has 0 spiro atoms. The summed E-state index contributed by atoms with van der Waals surface area (Å²) >= 11 is 0. The summed E-state index contributed by atoms with van der Waals surface area (Å²) in [6, 6.07) is 32.1. The first-order chi connectivity index (χ1) is 16.2. The van der Waals surface area contributed by atoms with Gasteiger partial charge in [0.1, 0.15) is 5.75 Å². The van der Waals surface area contributed by atoms with Gasteiger partial charge in [0.25, 0.3) is 0 Å². The van der Waals surface area contributed by atoms with Gasteiger partial charge in [-0.25, -0.2) is 0 Å². The molecule has 5 aromatic carbocycles. The fraction of sp³-hybridized carbons (Fsp3) is 0.226. The predicted molar refractivity (Wildman–Crippen MR) is 139 cm³/mol. The Hall–Kier alpha value is -3.36. The van der Waals surface area contributed by atoms with E-state index in [0.717, 1.165) is 17.6 Å². The maximum absolute atomic E-state index is 6.32. The second-order valence-corrected chi connectivity index (χ2v) is 8.80. The summed E-state index contributed by atoms with van der Waals surface area (Å²) in [4.78, 5) is 0. The van der Waals surface area contributed by atoms with Gasteiger partial charge >= 0.3 is 0 Å². The first-order valence-electron chi connectivity index (χ1n) is 11.8. The van der Waals surface area contributed by atoms with E-state index in [1.807, 2.05) is 13.0 Å². The van der Waals surface area contributed by atoms with Gasteiger partial charge in [-0.05, 0) is 69.5 Å². The molecule has 0 amide bonds. The van der Waals surface area contributed by atoms with Gasteiger partial charge in [-0.1, -0.05) is 92.7 Å². The minimum Gasteiger partial charge on any atom is -0.465 e. The van der Waals surface area contributed by atoms with Crippen LogP contribution in [0, 0.1) is 0 Å². The maximum atomic E-state index is 6.32. The molecule has 0 saturated heterocycles. The van der Waals surface area contributed by atoms with Crippen molar-refractivity contribution in [2.24, 2.45) is 0 Å². The van der Waals surface area contributed by atoms with E-state index in [1.165, 1.54) is 38.1 Å². The molecule has 0 aromatic heterocycles.